The molecule has 0 fully saturated rings. The second kappa shape index (κ2) is 5.19. The molecule has 1 unspecified atom stereocenters. The van der Waals surface area contributed by atoms with E-state index < -0.39 is 15.3 Å². The number of aryl methyl sites for hydroxylation is 1. The van der Waals surface area contributed by atoms with Gasteiger partial charge in [-0.3, -0.25) is 4.31 Å². The largest absolute Gasteiger partial charge is 0.269 e. The van der Waals surface area contributed by atoms with Crippen molar-refractivity contribution in [2.24, 2.45) is 0 Å². The molecular formula is C12H16N2O2S. The summed E-state index contributed by atoms with van der Waals surface area (Å²) in [5.74, 6) is 0. The molecule has 0 amide bonds. The summed E-state index contributed by atoms with van der Waals surface area (Å²) in [6.45, 7) is 5.33. The van der Waals surface area contributed by atoms with Gasteiger partial charge in [0.15, 0.2) is 5.25 Å². The van der Waals surface area contributed by atoms with Crippen molar-refractivity contribution in [3.63, 3.8) is 0 Å². The number of hydrogen-bond acceptors (Lipinski definition) is 3. The number of benzene rings is 1. The van der Waals surface area contributed by atoms with Crippen molar-refractivity contribution in [1.29, 1.82) is 5.26 Å². The van der Waals surface area contributed by atoms with Crippen LogP contribution in [0, 0.1) is 18.3 Å². The average molecular weight is 252 g/mol. The standard InChI is InChI=1S/C12H16N2O2S/c1-4-14(17(15,16)11(3)9-13)12-8-6-5-7-10(12)2/h5-8,11H,4H2,1-3H3. The van der Waals surface area contributed by atoms with Crippen LogP contribution in [-0.2, 0) is 10.0 Å². The van der Waals surface area contributed by atoms with Gasteiger partial charge in [0.1, 0.15) is 0 Å². The molecule has 0 spiro atoms. The third kappa shape index (κ3) is 2.59. The van der Waals surface area contributed by atoms with Gasteiger partial charge in [0.25, 0.3) is 10.0 Å². The van der Waals surface area contributed by atoms with E-state index in [2.05, 4.69) is 0 Å². The van der Waals surface area contributed by atoms with Crippen LogP contribution in [0.15, 0.2) is 24.3 Å². The van der Waals surface area contributed by atoms with E-state index in [0.717, 1.165) is 5.56 Å². The van der Waals surface area contributed by atoms with Crippen LogP contribution in [-0.4, -0.2) is 20.2 Å². The highest BCUT2D eigenvalue weighted by Crippen LogP contribution is 2.24. The zero-order valence-corrected chi connectivity index (χ0v) is 11.0. The Balaban J connectivity index is 3.28. The molecule has 4 nitrogen and oxygen atoms in total. The van der Waals surface area contributed by atoms with E-state index in [9.17, 15) is 8.42 Å². The normalized spacial score (nSPS) is 12.8. The summed E-state index contributed by atoms with van der Waals surface area (Å²) in [6, 6.07) is 9.03. The predicted octanol–water partition coefficient (Wildman–Crippen LogP) is 2.06. The summed E-state index contributed by atoms with van der Waals surface area (Å²) >= 11 is 0. The first-order valence-electron chi connectivity index (χ1n) is 5.42. The maximum atomic E-state index is 12.1. The maximum Gasteiger partial charge on any atom is 0.251 e. The fourth-order valence-electron chi connectivity index (χ4n) is 1.59. The summed E-state index contributed by atoms with van der Waals surface area (Å²) in [6.07, 6.45) is 0. The molecule has 17 heavy (non-hydrogen) atoms. The lowest BCUT2D eigenvalue weighted by Crippen LogP contribution is -2.37. The van der Waals surface area contributed by atoms with Crippen molar-refractivity contribution in [3.8, 4) is 6.07 Å². The predicted molar refractivity (Wildman–Crippen MR) is 68.2 cm³/mol. The van der Waals surface area contributed by atoms with Crippen molar-refractivity contribution in [2.75, 3.05) is 10.8 Å². The van der Waals surface area contributed by atoms with Crippen LogP contribution >= 0.6 is 0 Å². The van der Waals surface area contributed by atoms with Gasteiger partial charge >= 0.3 is 0 Å². The zero-order chi connectivity index (χ0) is 13.1. The van der Waals surface area contributed by atoms with Crippen LogP contribution in [0.5, 0.6) is 0 Å². The molecule has 0 N–H and O–H groups in total. The summed E-state index contributed by atoms with van der Waals surface area (Å²) in [7, 11) is -3.60. The van der Waals surface area contributed by atoms with E-state index >= 15 is 0 Å². The van der Waals surface area contributed by atoms with Gasteiger partial charge in [-0.15, -0.1) is 0 Å². The monoisotopic (exact) mass is 252 g/mol. The summed E-state index contributed by atoms with van der Waals surface area (Å²) in [5.41, 5.74) is 1.51. The second-order valence-electron chi connectivity index (χ2n) is 3.77. The van der Waals surface area contributed by atoms with E-state index in [1.807, 2.05) is 19.1 Å². The number of nitrogens with zero attached hydrogens (tertiary/aromatic N) is 2. The Labute approximate surface area is 103 Å². The molecule has 0 aliphatic heterocycles. The number of hydrogen-bond donors (Lipinski definition) is 0. The lowest BCUT2D eigenvalue weighted by molar-refractivity contribution is 0.587. The van der Waals surface area contributed by atoms with Gasteiger partial charge in [-0.25, -0.2) is 8.42 Å². The fourth-order valence-corrected chi connectivity index (χ4v) is 2.94. The minimum Gasteiger partial charge on any atom is -0.269 e. The highest BCUT2D eigenvalue weighted by Gasteiger charge is 2.28. The molecule has 0 saturated carbocycles. The van der Waals surface area contributed by atoms with Crippen LogP contribution in [0.4, 0.5) is 5.69 Å². The molecule has 0 heterocycles. The van der Waals surface area contributed by atoms with Crippen molar-refractivity contribution in [1.82, 2.24) is 0 Å². The Morgan fingerprint density at radius 1 is 1.41 bits per heavy atom. The minimum atomic E-state index is -3.60. The molecule has 0 radical (unpaired) electrons. The highest BCUT2D eigenvalue weighted by molar-refractivity contribution is 7.93. The van der Waals surface area contributed by atoms with E-state index in [4.69, 9.17) is 5.26 Å². The van der Waals surface area contributed by atoms with Gasteiger partial charge in [-0.05, 0) is 32.4 Å². The Hall–Kier alpha value is -1.54. The topological polar surface area (TPSA) is 61.2 Å². The first-order chi connectivity index (χ1) is 7.95. The molecule has 0 saturated heterocycles. The molecule has 5 heteroatoms. The Morgan fingerprint density at radius 3 is 2.47 bits per heavy atom. The van der Waals surface area contributed by atoms with Crippen LogP contribution in [0.2, 0.25) is 0 Å². The SMILES string of the molecule is CCN(c1ccccc1C)S(=O)(=O)C(C)C#N. The summed E-state index contributed by atoms with van der Waals surface area (Å²) in [5, 5.41) is 7.74. The Morgan fingerprint density at radius 2 is 2.00 bits per heavy atom. The van der Waals surface area contributed by atoms with Gasteiger partial charge in [-0.1, -0.05) is 18.2 Å². The minimum absolute atomic E-state index is 0.319. The van der Waals surface area contributed by atoms with Crippen LogP contribution < -0.4 is 4.31 Å². The van der Waals surface area contributed by atoms with E-state index in [-0.39, 0.29) is 0 Å². The Bertz CT molecular complexity index is 532. The average Bonchev–Trinajstić information content (AvgIpc) is 2.31. The molecule has 92 valence electrons. The number of nitriles is 1. The van der Waals surface area contributed by atoms with Crippen LogP contribution in [0.3, 0.4) is 0 Å². The molecule has 0 aliphatic carbocycles. The third-order valence-electron chi connectivity index (χ3n) is 2.61. The molecule has 0 bridgehead atoms. The smallest absolute Gasteiger partial charge is 0.251 e. The lowest BCUT2D eigenvalue weighted by atomic mass is 10.2. The van der Waals surface area contributed by atoms with Gasteiger partial charge in [-0.2, -0.15) is 5.26 Å². The van der Waals surface area contributed by atoms with Gasteiger partial charge < -0.3 is 0 Å². The maximum absolute atomic E-state index is 12.1. The molecule has 1 aromatic carbocycles. The van der Waals surface area contributed by atoms with Crippen molar-refractivity contribution in [2.45, 2.75) is 26.0 Å². The molecule has 1 aromatic rings. The van der Waals surface area contributed by atoms with Crippen LogP contribution in [0.1, 0.15) is 19.4 Å². The second-order valence-corrected chi connectivity index (χ2v) is 5.95. The number of rotatable bonds is 4. The number of anilines is 1. The fraction of sp³-hybridized carbons (Fsp3) is 0.417. The number of para-hydroxylation sites is 1. The lowest BCUT2D eigenvalue weighted by Gasteiger charge is -2.25. The summed E-state index contributed by atoms with van der Waals surface area (Å²) < 4.78 is 25.6. The number of sulfonamides is 1. The first-order valence-corrected chi connectivity index (χ1v) is 6.92. The van der Waals surface area contributed by atoms with E-state index in [0.29, 0.717) is 12.2 Å². The highest BCUT2D eigenvalue weighted by atomic mass is 32.2. The van der Waals surface area contributed by atoms with Crippen molar-refractivity contribution < 1.29 is 8.42 Å². The third-order valence-corrected chi connectivity index (χ3v) is 4.68. The zero-order valence-electron chi connectivity index (χ0n) is 10.2. The van der Waals surface area contributed by atoms with Crippen LogP contribution in [0.25, 0.3) is 0 Å². The van der Waals surface area contributed by atoms with Gasteiger partial charge in [0, 0.05) is 6.54 Å². The molecule has 0 aromatic heterocycles. The summed E-state index contributed by atoms with van der Waals surface area (Å²) in [4.78, 5) is 0. The Kier molecular flexibility index (Phi) is 4.13. The van der Waals surface area contributed by atoms with E-state index in [1.165, 1.54) is 11.2 Å². The van der Waals surface area contributed by atoms with Crippen molar-refractivity contribution in [3.05, 3.63) is 29.8 Å². The first kappa shape index (κ1) is 13.5. The molecule has 0 aliphatic rings. The molecule has 1 atom stereocenters. The van der Waals surface area contributed by atoms with Gasteiger partial charge in [0.2, 0.25) is 0 Å². The molecular weight excluding hydrogens is 236 g/mol. The van der Waals surface area contributed by atoms with E-state index in [1.54, 1.807) is 25.1 Å². The van der Waals surface area contributed by atoms with Crippen molar-refractivity contribution >= 4 is 15.7 Å². The van der Waals surface area contributed by atoms with Gasteiger partial charge in [0.05, 0.1) is 11.8 Å². The molecule has 1 rings (SSSR count). The quantitative estimate of drug-likeness (QED) is 0.824.